The second-order valence-electron chi connectivity index (χ2n) is 5.64. The van der Waals surface area contributed by atoms with Crippen LogP contribution in [0.5, 0.6) is 0 Å². The van der Waals surface area contributed by atoms with Crippen LogP contribution in [0.4, 0.5) is 0 Å². The fourth-order valence-corrected chi connectivity index (χ4v) is 2.67. The van der Waals surface area contributed by atoms with Gasteiger partial charge >= 0.3 is 0 Å². The van der Waals surface area contributed by atoms with Crippen LogP contribution in [0, 0.1) is 0 Å². The van der Waals surface area contributed by atoms with E-state index in [1.165, 1.54) is 5.56 Å². The summed E-state index contributed by atoms with van der Waals surface area (Å²) in [5.41, 5.74) is 2.38. The summed E-state index contributed by atoms with van der Waals surface area (Å²) in [5, 5.41) is 0. The molecule has 2 unspecified atom stereocenters. The van der Waals surface area contributed by atoms with Crippen molar-refractivity contribution in [1.29, 1.82) is 0 Å². The Balaban J connectivity index is 1.57. The van der Waals surface area contributed by atoms with E-state index in [1.54, 1.807) is 12.4 Å². The molecule has 4 heteroatoms. The molecule has 0 spiro atoms. The van der Waals surface area contributed by atoms with Gasteiger partial charge in [0.15, 0.2) is 0 Å². The average molecular weight is 295 g/mol. The molecule has 3 rings (SSSR count). The van der Waals surface area contributed by atoms with Gasteiger partial charge in [0, 0.05) is 38.6 Å². The van der Waals surface area contributed by atoms with E-state index >= 15 is 0 Å². The van der Waals surface area contributed by atoms with Crippen molar-refractivity contribution in [1.82, 2.24) is 14.8 Å². The normalized spacial score (nSPS) is 19.7. The highest BCUT2D eigenvalue weighted by molar-refractivity contribution is 5.84. The largest absolute Gasteiger partial charge is 0.337 e. The zero-order chi connectivity index (χ0) is 15.4. The first-order valence-corrected chi connectivity index (χ1v) is 7.73. The first-order chi connectivity index (χ1) is 10.8. The highest BCUT2D eigenvalue weighted by atomic mass is 16.2. The van der Waals surface area contributed by atoms with E-state index < -0.39 is 0 Å². The van der Waals surface area contributed by atoms with Crippen molar-refractivity contribution in [2.75, 3.05) is 13.1 Å². The number of amides is 1. The highest BCUT2D eigenvalue weighted by Gasteiger charge is 2.41. The van der Waals surface area contributed by atoms with Crippen LogP contribution in [0.1, 0.15) is 18.1 Å². The highest BCUT2D eigenvalue weighted by Crippen LogP contribution is 2.23. The molecule has 1 amide bonds. The number of rotatable bonds is 6. The number of hydrogen-bond acceptors (Lipinski definition) is 3. The minimum absolute atomic E-state index is 0.0435. The number of carbonyl (C=O) groups is 1. The van der Waals surface area contributed by atoms with Crippen LogP contribution in [0.25, 0.3) is 0 Å². The lowest BCUT2D eigenvalue weighted by Crippen LogP contribution is -2.35. The maximum absolute atomic E-state index is 12.6. The molecule has 0 N–H and O–H groups in total. The van der Waals surface area contributed by atoms with Crippen LogP contribution >= 0.6 is 0 Å². The Hall–Kier alpha value is -2.20. The van der Waals surface area contributed by atoms with E-state index in [1.807, 2.05) is 42.2 Å². The summed E-state index contributed by atoms with van der Waals surface area (Å²) in [5.74, 6) is 0.232. The SMILES string of the molecule is CCN(Cc1ccncc1)C(=O)C1CN1Cc1ccccc1. The Morgan fingerprint density at radius 3 is 2.59 bits per heavy atom. The molecule has 0 bridgehead atoms. The van der Waals surface area contributed by atoms with E-state index in [4.69, 9.17) is 0 Å². The fraction of sp³-hybridized carbons (Fsp3) is 0.333. The van der Waals surface area contributed by atoms with Crippen molar-refractivity contribution in [2.24, 2.45) is 0 Å². The molecule has 1 aromatic heterocycles. The summed E-state index contributed by atoms with van der Waals surface area (Å²) in [6.45, 7) is 5.14. The molecule has 0 saturated carbocycles. The van der Waals surface area contributed by atoms with Crippen LogP contribution in [0.15, 0.2) is 54.9 Å². The molecule has 1 aromatic carbocycles. The van der Waals surface area contributed by atoms with Gasteiger partial charge in [-0.25, -0.2) is 0 Å². The maximum Gasteiger partial charge on any atom is 0.241 e. The summed E-state index contributed by atoms with van der Waals surface area (Å²) >= 11 is 0. The van der Waals surface area contributed by atoms with Crippen molar-refractivity contribution >= 4 is 5.91 Å². The number of nitrogens with zero attached hydrogens (tertiary/aromatic N) is 3. The van der Waals surface area contributed by atoms with Gasteiger partial charge in [0.1, 0.15) is 6.04 Å². The molecule has 0 aliphatic carbocycles. The van der Waals surface area contributed by atoms with Gasteiger partial charge in [-0.05, 0) is 30.2 Å². The maximum atomic E-state index is 12.6. The monoisotopic (exact) mass is 295 g/mol. The molecule has 0 radical (unpaired) electrons. The van der Waals surface area contributed by atoms with E-state index in [9.17, 15) is 4.79 Å². The molecule has 2 aromatic rings. The molecule has 1 saturated heterocycles. The van der Waals surface area contributed by atoms with Crippen LogP contribution in [0.3, 0.4) is 0 Å². The third-order valence-electron chi connectivity index (χ3n) is 4.04. The van der Waals surface area contributed by atoms with Crippen molar-refractivity contribution < 1.29 is 4.79 Å². The number of hydrogen-bond donors (Lipinski definition) is 0. The third kappa shape index (κ3) is 3.52. The smallest absolute Gasteiger partial charge is 0.241 e. The summed E-state index contributed by atoms with van der Waals surface area (Å²) in [7, 11) is 0. The van der Waals surface area contributed by atoms with Gasteiger partial charge in [-0.1, -0.05) is 30.3 Å². The molecule has 1 aliphatic rings. The Morgan fingerprint density at radius 2 is 1.91 bits per heavy atom. The number of carbonyl (C=O) groups excluding carboxylic acids is 1. The summed E-state index contributed by atoms with van der Waals surface area (Å²) in [4.78, 5) is 20.8. The quantitative estimate of drug-likeness (QED) is 0.767. The number of benzene rings is 1. The number of aromatic nitrogens is 1. The summed E-state index contributed by atoms with van der Waals surface area (Å²) < 4.78 is 0. The van der Waals surface area contributed by atoms with E-state index in [2.05, 4.69) is 22.0 Å². The molecule has 2 atom stereocenters. The third-order valence-corrected chi connectivity index (χ3v) is 4.04. The summed E-state index contributed by atoms with van der Waals surface area (Å²) in [6, 6.07) is 14.3. The van der Waals surface area contributed by atoms with Crippen molar-refractivity contribution in [2.45, 2.75) is 26.1 Å². The van der Waals surface area contributed by atoms with Crippen molar-refractivity contribution in [3.05, 3.63) is 66.0 Å². The molecule has 1 aliphatic heterocycles. The molecular formula is C18H21N3O. The fourth-order valence-electron chi connectivity index (χ4n) is 2.67. The molecule has 22 heavy (non-hydrogen) atoms. The Labute approximate surface area is 131 Å². The molecule has 4 nitrogen and oxygen atoms in total. The van der Waals surface area contributed by atoms with E-state index in [-0.39, 0.29) is 11.9 Å². The summed E-state index contributed by atoms with van der Waals surface area (Å²) in [6.07, 6.45) is 3.54. The van der Waals surface area contributed by atoms with Gasteiger partial charge in [0.2, 0.25) is 5.91 Å². The first kappa shape index (κ1) is 14.7. The second-order valence-corrected chi connectivity index (χ2v) is 5.64. The standard InChI is InChI=1S/C18H21N3O/c1-2-20(12-16-8-10-19-11-9-16)18(22)17-14-21(17)13-15-6-4-3-5-7-15/h3-11,17H,2,12-14H2,1H3. The minimum atomic E-state index is 0.0435. The molecule has 114 valence electrons. The average Bonchev–Trinajstić information content (AvgIpc) is 3.33. The lowest BCUT2D eigenvalue weighted by atomic mass is 10.2. The first-order valence-electron chi connectivity index (χ1n) is 7.73. The van der Waals surface area contributed by atoms with Crippen LogP contribution < -0.4 is 0 Å². The van der Waals surface area contributed by atoms with Gasteiger partial charge < -0.3 is 4.90 Å². The molecule has 2 heterocycles. The molecule has 1 fully saturated rings. The predicted molar refractivity (Wildman–Crippen MR) is 86.0 cm³/mol. The van der Waals surface area contributed by atoms with Crippen molar-refractivity contribution in [3.63, 3.8) is 0 Å². The van der Waals surface area contributed by atoms with Crippen LogP contribution in [-0.2, 0) is 17.9 Å². The van der Waals surface area contributed by atoms with Gasteiger partial charge in [-0.3, -0.25) is 14.7 Å². The predicted octanol–water partition coefficient (Wildman–Crippen LogP) is 2.31. The zero-order valence-corrected chi connectivity index (χ0v) is 12.9. The lowest BCUT2D eigenvalue weighted by molar-refractivity contribution is -0.131. The van der Waals surface area contributed by atoms with Gasteiger partial charge in [-0.2, -0.15) is 0 Å². The van der Waals surface area contributed by atoms with Crippen molar-refractivity contribution in [3.8, 4) is 0 Å². The van der Waals surface area contributed by atoms with E-state index in [0.717, 1.165) is 25.2 Å². The Bertz CT molecular complexity index is 615. The number of likely N-dealkylation sites (N-methyl/N-ethyl adjacent to an activating group) is 1. The Morgan fingerprint density at radius 1 is 1.18 bits per heavy atom. The van der Waals surface area contributed by atoms with Crippen LogP contribution in [-0.4, -0.2) is 39.8 Å². The lowest BCUT2D eigenvalue weighted by Gasteiger charge is -2.21. The second kappa shape index (κ2) is 6.71. The number of pyridine rings is 1. The zero-order valence-electron chi connectivity index (χ0n) is 12.9. The van der Waals surface area contributed by atoms with E-state index in [0.29, 0.717) is 6.54 Å². The molecular weight excluding hydrogens is 274 g/mol. The Kier molecular flexibility index (Phi) is 4.49. The van der Waals surface area contributed by atoms with Gasteiger partial charge in [0.05, 0.1) is 0 Å². The topological polar surface area (TPSA) is 36.2 Å². The minimum Gasteiger partial charge on any atom is -0.337 e. The van der Waals surface area contributed by atoms with Gasteiger partial charge in [0.25, 0.3) is 0 Å². The van der Waals surface area contributed by atoms with Gasteiger partial charge in [-0.15, -0.1) is 0 Å². The van der Waals surface area contributed by atoms with Crippen LogP contribution in [0.2, 0.25) is 0 Å².